The highest BCUT2D eigenvalue weighted by molar-refractivity contribution is 5.97. The number of para-hydroxylation sites is 1. The van der Waals surface area contributed by atoms with E-state index < -0.39 is 6.04 Å². The predicted octanol–water partition coefficient (Wildman–Crippen LogP) is -0.0980. The zero-order valence-corrected chi connectivity index (χ0v) is 11.4. The van der Waals surface area contributed by atoms with E-state index in [4.69, 9.17) is 4.74 Å². The van der Waals surface area contributed by atoms with Crippen LogP contribution in [-0.2, 0) is 20.7 Å². The largest absolute Gasteiger partial charge is 0.384 e. The molecule has 1 fully saturated rings. The number of hydrogen-bond donors (Lipinski definition) is 3. The Labute approximate surface area is 117 Å². The van der Waals surface area contributed by atoms with E-state index in [1.165, 1.54) is 0 Å². The average molecular weight is 277 g/mol. The van der Waals surface area contributed by atoms with Gasteiger partial charge < -0.3 is 15.4 Å². The Bertz CT molecular complexity index is 480. The highest BCUT2D eigenvalue weighted by Gasteiger charge is 2.24. The van der Waals surface area contributed by atoms with Crippen molar-refractivity contribution in [1.82, 2.24) is 10.6 Å². The summed E-state index contributed by atoms with van der Waals surface area (Å²) in [4.78, 5) is 23.2. The number of nitrogens with one attached hydrogen (secondary N) is 3. The van der Waals surface area contributed by atoms with Crippen LogP contribution in [0.1, 0.15) is 5.56 Å². The summed E-state index contributed by atoms with van der Waals surface area (Å²) in [5.74, 6) is -0.232. The maximum Gasteiger partial charge on any atom is 0.243 e. The molecule has 0 saturated carbocycles. The molecular weight excluding hydrogens is 258 g/mol. The fourth-order valence-corrected chi connectivity index (χ4v) is 2.04. The number of piperazine rings is 1. The van der Waals surface area contributed by atoms with Gasteiger partial charge in [0.05, 0.1) is 13.2 Å². The molecular formula is C14H19N3O3. The van der Waals surface area contributed by atoms with E-state index in [1.807, 2.05) is 24.3 Å². The zero-order valence-electron chi connectivity index (χ0n) is 11.4. The Kier molecular flexibility index (Phi) is 5.09. The zero-order chi connectivity index (χ0) is 14.4. The van der Waals surface area contributed by atoms with E-state index in [2.05, 4.69) is 16.0 Å². The summed E-state index contributed by atoms with van der Waals surface area (Å²) in [6.45, 7) is 1.08. The molecule has 0 bridgehead atoms. The van der Waals surface area contributed by atoms with Crippen molar-refractivity contribution in [3.05, 3.63) is 29.8 Å². The first kappa shape index (κ1) is 14.5. The molecule has 0 spiro atoms. The highest BCUT2D eigenvalue weighted by Crippen LogP contribution is 2.16. The van der Waals surface area contributed by atoms with Gasteiger partial charge in [-0.05, 0) is 18.1 Å². The maximum atomic E-state index is 12.1. The Morgan fingerprint density at radius 2 is 2.25 bits per heavy atom. The number of hydrogen-bond acceptors (Lipinski definition) is 4. The van der Waals surface area contributed by atoms with Gasteiger partial charge >= 0.3 is 0 Å². The van der Waals surface area contributed by atoms with Crippen molar-refractivity contribution in [3.8, 4) is 0 Å². The third kappa shape index (κ3) is 3.79. The van der Waals surface area contributed by atoms with Crippen LogP contribution < -0.4 is 16.0 Å². The molecule has 1 atom stereocenters. The van der Waals surface area contributed by atoms with Gasteiger partial charge in [-0.1, -0.05) is 18.2 Å². The quantitative estimate of drug-likeness (QED) is 0.702. The molecule has 1 aromatic rings. The molecule has 2 amide bonds. The number of amides is 2. The smallest absolute Gasteiger partial charge is 0.243 e. The Balaban J connectivity index is 1.98. The lowest BCUT2D eigenvalue weighted by Gasteiger charge is -2.23. The van der Waals surface area contributed by atoms with Crippen molar-refractivity contribution in [2.75, 3.05) is 32.1 Å². The van der Waals surface area contributed by atoms with Crippen LogP contribution in [0.2, 0.25) is 0 Å². The summed E-state index contributed by atoms with van der Waals surface area (Å²) in [6, 6.07) is 7.24. The molecule has 108 valence electrons. The molecule has 20 heavy (non-hydrogen) atoms. The van der Waals surface area contributed by atoms with Crippen LogP contribution in [0.4, 0.5) is 5.69 Å². The number of ether oxygens (including phenoxy) is 1. The van der Waals surface area contributed by atoms with Gasteiger partial charge in [0.1, 0.15) is 6.04 Å². The van der Waals surface area contributed by atoms with Gasteiger partial charge in [-0.3, -0.25) is 14.9 Å². The van der Waals surface area contributed by atoms with Crippen LogP contribution in [0.5, 0.6) is 0 Å². The summed E-state index contributed by atoms with van der Waals surface area (Å²) in [6.07, 6.45) is 0.738. The minimum Gasteiger partial charge on any atom is -0.384 e. The van der Waals surface area contributed by atoms with Crippen molar-refractivity contribution in [3.63, 3.8) is 0 Å². The molecule has 3 N–H and O–H groups in total. The van der Waals surface area contributed by atoms with Crippen LogP contribution in [0.3, 0.4) is 0 Å². The Morgan fingerprint density at radius 3 is 2.95 bits per heavy atom. The first-order valence-electron chi connectivity index (χ1n) is 6.58. The molecule has 1 aliphatic heterocycles. The van der Waals surface area contributed by atoms with Gasteiger partial charge in [-0.25, -0.2) is 0 Å². The Hall–Kier alpha value is -1.92. The molecule has 1 aromatic carbocycles. The lowest BCUT2D eigenvalue weighted by Crippen LogP contribution is -2.56. The predicted molar refractivity (Wildman–Crippen MR) is 75.5 cm³/mol. The first-order chi connectivity index (χ1) is 9.70. The molecule has 0 aliphatic carbocycles. The molecule has 1 aliphatic rings. The van der Waals surface area contributed by atoms with Crippen molar-refractivity contribution >= 4 is 17.5 Å². The van der Waals surface area contributed by atoms with E-state index in [0.29, 0.717) is 13.2 Å². The molecule has 1 saturated heterocycles. The number of carbonyl (C=O) groups is 2. The van der Waals surface area contributed by atoms with Gasteiger partial charge in [0.25, 0.3) is 0 Å². The second-order valence-corrected chi connectivity index (χ2v) is 4.63. The summed E-state index contributed by atoms with van der Waals surface area (Å²) in [5.41, 5.74) is 1.82. The molecule has 0 aromatic heterocycles. The fourth-order valence-electron chi connectivity index (χ4n) is 2.04. The summed E-state index contributed by atoms with van der Waals surface area (Å²) < 4.78 is 5.06. The average Bonchev–Trinajstić information content (AvgIpc) is 2.47. The van der Waals surface area contributed by atoms with E-state index in [1.54, 1.807) is 7.11 Å². The number of carbonyl (C=O) groups excluding carboxylic acids is 2. The van der Waals surface area contributed by atoms with E-state index in [0.717, 1.165) is 17.7 Å². The van der Waals surface area contributed by atoms with Crippen molar-refractivity contribution < 1.29 is 14.3 Å². The number of rotatable bonds is 5. The standard InChI is InChI=1S/C14H19N3O3/c1-20-7-6-10-4-2-3-5-11(10)17-14(19)12-8-16-13(18)9-15-12/h2-5,12,15H,6-9H2,1H3,(H,16,18)(H,17,19). The van der Waals surface area contributed by atoms with Crippen LogP contribution in [0.25, 0.3) is 0 Å². The van der Waals surface area contributed by atoms with Gasteiger partial charge in [0.2, 0.25) is 11.8 Å². The second-order valence-electron chi connectivity index (χ2n) is 4.63. The molecule has 0 radical (unpaired) electrons. The van der Waals surface area contributed by atoms with Crippen LogP contribution in [0, 0.1) is 0 Å². The minimum absolute atomic E-state index is 0.0884. The first-order valence-corrected chi connectivity index (χ1v) is 6.58. The van der Waals surface area contributed by atoms with E-state index in [-0.39, 0.29) is 18.4 Å². The van der Waals surface area contributed by atoms with Crippen LogP contribution >= 0.6 is 0 Å². The Morgan fingerprint density at radius 1 is 1.45 bits per heavy atom. The summed E-state index contributed by atoms with van der Waals surface area (Å²) >= 11 is 0. The van der Waals surface area contributed by atoms with Crippen molar-refractivity contribution in [1.29, 1.82) is 0 Å². The van der Waals surface area contributed by atoms with Crippen LogP contribution in [0.15, 0.2) is 24.3 Å². The topological polar surface area (TPSA) is 79.5 Å². The third-order valence-corrected chi connectivity index (χ3v) is 3.18. The fraction of sp³-hybridized carbons (Fsp3) is 0.429. The molecule has 6 nitrogen and oxygen atoms in total. The maximum absolute atomic E-state index is 12.1. The van der Waals surface area contributed by atoms with E-state index >= 15 is 0 Å². The second kappa shape index (κ2) is 7.02. The van der Waals surface area contributed by atoms with Gasteiger partial charge in [0, 0.05) is 19.3 Å². The van der Waals surface area contributed by atoms with Gasteiger partial charge in [-0.15, -0.1) is 0 Å². The summed E-state index contributed by atoms with van der Waals surface area (Å²) in [7, 11) is 1.65. The summed E-state index contributed by atoms with van der Waals surface area (Å²) in [5, 5.41) is 8.46. The van der Waals surface area contributed by atoms with Gasteiger partial charge in [0.15, 0.2) is 0 Å². The monoisotopic (exact) mass is 277 g/mol. The third-order valence-electron chi connectivity index (χ3n) is 3.18. The molecule has 1 heterocycles. The number of benzene rings is 1. The highest BCUT2D eigenvalue weighted by atomic mass is 16.5. The molecule has 2 rings (SSSR count). The van der Waals surface area contributed by atoms with Crippen molar-refractivity contribution in [2.24, 2.45) is 0 Å². The van der Waals surface area contributed by atoms with Crippen molar-refractivity contribution in [2.45, 2.75) is 12.5 Å². The number of anilines is 1. The van der Waals surface area contributed by atoms with Gasteiger partial charge in [-0.2, -0.15) is 0 Å². The molecule has 6 heteroatoms. The minimum atomic E-state index is -0.400. The number of methoxy groups -OCH3 is 1. The van der Waals surface area contributed by atoms with E-state index in [9.17, 15) is 9.59 Å². The van der Waals surface area contributed by atoms with Crippen LogP contribution in [-0.4, -0.2) is 44.7 Å². The lowest BCUT2D eigenvalue weighted by atomic mass is 10.1. The SMILES string of the molecule is COCCc1ccccc1NC(=O)C1CNC(=O)CN1. The molecule has 1 unspecified atom stereocenters. The normalized spacial score (nSPS) is 18.4. The lowest BCUT2D eigenvalue weighted by molar-refractivity contribution is -0.124.